The highest BCUT2D eigenvalue weighted by atomic mass is 16.6. The zero-order chi connectivity index (χ0) is 17.9. The number of hydrogen-bond donors (Lipinski definition) is 0. The van der Waals surface area contributed by atoms with Gasteiger partial charge in [0.2, 0.25) is 0 Å². The third-order valence-corrected chi connectivity index (χ3v) is 3.55. The molecular weight excluding hydrogens is 328 g/mol. The van der Waals surface area contributed by atoms with Crippen molar-refractivity contribution in [1.82, 2.24) is 0 Å². The van der Waals surface area contributed by atoms with Crippen LogP contribution >= 0.6 is 0 Å². The molecule has 0 aliphatic rings. The monoisotopic (exact) mass is 350 g/mol. The fraction of sp³-hybridized carbons (Fsp3) is 0.182. The molecule has 0 saturated carbocycles. The number of rotatable bonds is 10. The van der Waals surface area contributed by atoms with Gasteiger partial charge in [0.15, 0.2) is 11.5 Å². The molecule has 3 aromatic carbocycles. The Morgan fingerprint density at radius 2 is 0.731 bits per heavy atom. The Morgan fingerprint density at radius 3 is 1.15 bits per heavy atom. The topological polar surface area (TPSA) is 36.9 Å². The fourth-order valence-electron chi connectivity index (χ4n) is 2.34. The minimum atomic E-state index is 0.440. The first kappa shape index (κ1) is 17.7. The molecule has 0 radical (unpaired) electrons. The molecule has 4 heteroatoms. The minimum Gasteiger partial charge on any atom is -0.490 e. The molecule has 0 saturated heterocycles. The Morgan fingerprint density at radius 1 is 0.385 bits per heavy atom. The van der Waals surface area contributed by atoms with E-state index in [9.17, 15) is 0 Å². The van der Waals surface area contributed by atoms with Crippen molar-refractivity contribution in [2.75, 3.05) is 26.4 Å². The average molecular weight is 350 g/mol. The second-order valence-electron chi connectivity index (χ2n) is 5.47. The molecule has 0 amide bonds. The molecule has 0 atom stereocenters. The van der Waals surface area contributed by atoms with Gasteiger partial charge in [-0.1, -0.05) is 48.5 Å². The van der Waals surface area contributed by atoms with Crippen LogP contribution in [0.1, 0.15) is 0 Å². The first-order valence-electron chi connectivity index (χ1n) is 8.62. The summed E-state index contributed by atoms with van der Waals surface area (Å²) in [6, 6.07) is 27.0. The largest absolute Gasteiger partial charge is 0.490 e. The summed E-state index contributed by atoms with van der Waals surface area (Å²) >= 11 is 0. The summed E-state index contributed by atoms with van der Waals surface area (Å²) in [6.07, 6.45) is 0. The van der Waals surface area contributed by atoms with Crippen molar-refractivity contribution >= 4 is 0 Å². The maximum absolute atomic E-state index is 5.78. The standard InChI is InChI=1S/C22H22O4/c1-3-9-19(10-4-1)23-15-17-25-21-13-7-8-14-22(21)26-18-16-24-20-11-5-2-6-12-20/h1-14H,15-18H2. The Bertz CT molecular complexity index is 693. The Hall–Kier alpha value is -3.14. The molecule has 4 nitrogen and oxygen atoms in total. The lowest BCUT2D eigenvalue weighted by atomic mass is 10.3. The quantitative estimate of drug-likeness (QED) is 0.501. The van der Waals surface area contributed by atoms with Gasteiger partial charge in [0.05, 0.1) is 0 Å². The summed E-state index contributed by atoms with van der Waals surface area (Å²) in [4.78, 5) is 0. The van der Waals surface area contributed by atoms with Crippen LogP contribution in [0, 0.1) is 0 Å². The van der Waals surface area contributed by atoms with E-state index in [1.807, 2.05) is 84.9 Å². The Labute approximate surface area is 153 Å². The molecule has 3 rings (SSSR count). The van der Waals surface area contributed by atoms with Crippen LogP contribution in [-0.4, -0.2) is 26.4 Å². The average Bonchev–Trinajstić information content (AvgIpc) is 2.71. The molecular formula is C22H22O4. The van der Waals surface area contributed by atoms with Crippen molar-refractivity contribution < 1.29 is 18.9 Å². The minimum absolute atomic E-state index is 0.440. The van der Waals surface area contributed by atoms with Gasteiger partial charge in [-0.3, -0.25) is 0 Å². The molecule has 0 unspecified atom stereocenters. The summed E-state index contributed by atoms with van der Waals surface area (Å²) in [7, 11) is 0. The van der Waals surface area contributed by atoms with Gasteiger partial charge in [0.25, 0.3) is 0 Å². The summed E-state index contributed by atoms with van der Waals surface area (Å²) in [5.41, 5.74) is 0. The molecule has 3 aromatic rings. The summed E-state index contributed by atoms with van der Waals surface area (Å²) in [6.45, 7) is 1.82. The lowest BCUT2D eigenvalue weighted by Gasteiger charge is -2.13. The van der Waals surface area contributed by atoms with E-state index in [1.165, 1.54) is 0 Å². The van der Waals surface area contributed by atoms with E-state index < -0.39 is 0 Å². The second-order valence-corrected chi connectivity index (χ2v) is 5.47. The molecule has 0 heterocycles. The van der Waals surface area contributed by atoms with Crippen LogP contribution in [0.2, 0.25) is 0 Å². The maximum atomic E-state index is 5.78. The van der Waals surface area contributed by atoms with E-state index in [0.717, 1.165) is 11.5 Å². The van der Waals surface area contributed by atoms with E-state index >= 15 is 0 Å². The fourth-order valence-corrected chi connectivity index (χ4v) is 2.34. The van der Waals surface area contributed by atoms with Crippen molar-refractivity contribution in [3.8, 4) is 23.0 Å². The summed E-state index contributed by atoms with van der Waals surface area (Å²) in [5.74, 6) is 3.06. The molecule has 134 valence electrons. The van der Waals surface area contributed by atoms with E-state index in [4.69, 9.17) is 18.9 Å². The van der Waals surface area contributed by atoms with E-state index in [1.54, 1.807) is 0 Å². The SMILES string of the molecule is c1ccc(OCCOc2ccccc2OCCOc2ccccc2)cc1. The molecule has 0 aliphatic carbocycles. The van der Waals surface area contributed by atoms with Crippen LogP contribution in [0.5, 0.6) is 23.0 Å². The number of benzene rings is 3. The molecule has 0 bridgehead atoms. The van der Waals surface area contributed by atoms with Gasteiger partial charge < -0.3 is 18.9 Å². The van der Waals surface area contributed by atoms with Crippen LogP contribution in [-0.2, 0) is 0 Å². The lowest BCUT2D eigenvalue weighted by Crippen LogP contribution is -2.12. The highest BCUT2D eigenvalue weighted by Gasteiger charge is 2.04. The van der Waals surface area contributed by atoms with Gasteiger partial charge in [-0.2, -0.15) is 0 Å². The summed E-state index contributed by atoms with van der Waals surface area (Å²) < 4.78 is 22.8. The Kier molecular flexibility index (Phi) is 6.79. The normalized spacial score (nSPS) is 10.2. The predicted octanol–water partition coefficient (Wildman–Crippen LogP) is 4.60. The number of hydrogen-bond acceptors (Lipinski definition) is 4. The highest BCUT2D eigenvalue weighted by molar-refractivity contribution is 5.39. The van der Waals surface area contributed by atoms with Crippen LogP contribution < -0.4 is 18.9 Å². The van der Waals surface area contributed by atoms with Gasteiger partial charge >= 0.3 is 0 Å². The summed E-state index contributed by atoms with van der Waals surface area (Å²) in [5, 5.41) is 0. The first-order chi connectivity index (χ1) is 12.9. The van der Waals surface area contributed by atoms with Gasteiger partial charge in [-0.25, -0.2) is 0 Å². The van der Waals surface area contributed by atoms with Gasteiger partial charge in [0, 0.05) is 0 Å². The molecule has 0 spiro atoms. The third kappa shape index (κ3) is 5.74. The van der Waals surface area contributed by atoms with E-state index in [2.05, 4.69) is 0 Å². The Balaban J connectivity index is 1.41. The number of para-hydroxylation sites is 4. The number of ether oxygens (including phenoxy) is 4. The van der Waals surface area contributed by atoms with Gasteiger partial charge in [0.1, 0.15) is 37.9 Å². The highest BCUT2D eigenvalue weighted by Crippen LogP contribution is 2.26. The van der Waals surface area contributed by atoms with Crippen LogP contribution in [0.25, 0.3) is 0 Å². The first-order valence-corrected chi connectivity index (χ1v) is 8.62. The second kappa shape index (κ2) is 9.99. The predicted molar refractivity (Wildman–Crippen MR) is 101 cm³/mol. The van der Waals surface area contributed by atoms with E-state index in [0.29, 0.717) is 37.9 Å². The molecule has 0 aliphatic heterocycles. The lowest BCUT2D eigenvalue weighted by molar-refractivity contribution is 0.192. The van der Waals surface area contributed by atoms with Crippen molar-refractivity contribution in [3.63, 3.8) is 0 Å². The van der Waals surface area contributed by atoms with E-state index in [-0.39, 0.29) is 0 Å². The molecule has 0 aromatic heterocycles. The molecule has 0 N–H and O–H groups in total. The molecule has 0 fully saturated rings. The van der Waals surface area contributed by atoms with Crippen LogP contribution in [0.15, 0.2) is 84.9 Å². The zero-order valence-corrected chi connectivity index (χ0v) is 14.5. The maximum Gasteiger partial charge on any atom is 0.161 e. The smallest absolute Gasteiger partial charge is 0.161 e. The van der Waals surface area contributed by atoms with Crippen molar-refractivity contribution in [3.05, 3.63) is 84.9 Å². The van der Waals surface area contributed by atoms with Crippen molar-refractivity contribution in [2.45, 2.75) is 0 Å². The van der Waals surface area contributed by atoms with Crippen molar-refractivity contribution in [2.24, 2.45) is 0 Å². The van der Waals surface area contributed by atoms with Crippen LogP contribution in [0.4, 0.5) is 0 Å². The third-order valence-electron chi connectivity index (χ3n) is 3.55. The zero-order valence-electron chi connectivity index (χ0n) is 14.5. The van der Waals surface area contributed by atoms with Crippen LogP contribution in [0.3, 0.4) is 0 Å². The van der Waals surface area contributed by atoms with Gasteiger partial charge in [-0.05, 0) is 36.4 Å². The van der Waals surface area contributed by atoms with Gasteiger partial charge in [-0.15, -0.1) is 0 Å². The van der Waals surface area contributed by atoms with Crippen molar-refractivity contribution in [1.29, 1.82) is 0 Å². The molecule has 26 heavy (non-hydrogen) atoms.